The second kappa shape index (κ2) is 11.9. The zero-order valence-electron chi connectivity index (χ0n) is 22.1. The van der Waals surface area contributed by atoms with Gasteiger partial charge in [0, 0.05) is 36.6 Å². The third-order valence-electron chi connectivity index (χ3n) is 6.79. The van der Waals surface area contributed by atoms with Crippen LogP contribution >= 0.6 is 0 Å². The van der Waals surface area contributed by atoms with Gasteiger partial charge in [-0.3, -0.25) is 4.79 Å². The van der Waals surface area contributed by atoms with Crippen LogP contribution in [0.5, 0.6) is 0 Å². The van der Waals surface area contributed by atoms with Crippen LogP contribution in [0.4, 0.5) is 11.4 Å². The molecule has 0 spiro atoms. The first kappa shape index (κ1) is 25.4. The molecule has 2 aromatic heterocycles. The lowest BCUT2D eigenvalue weighted by Gasteiger charge is -2.06. The summed E-state index contributed by atoms with van der Waals surface area (Å²) in [6.45, 7) is 1.65. The van der Waals surface area contributed by atoms with E-state index in [1.54, 1.807) is 0 Å². The maximum absolute atomic E-state index is 13.1. The van der Waals surface area contributed by atoms with Crippen LogP contribution in [-0.2, 0) is 12.8 Å². The summed E-state index contributed by atoms with van der Waals surface area (Å²) in [5.41, 5.74) is 6.77. The molecule has 40 heavy (non-hydrogen) atoms. The first-order chi connectivity index (χ1) is 19.7. The van der Waals surface area contributed by atoms with Crippen molar-refractivity contribution in [1.29, 1.82) is 0 Å². The number of hydrogen-bond donors (Lipinski definition) is 2. The van der Waals surface area contributed by atoms with Gasteiger partial charge in [-0.2, -0.15) is 0 Å². The van der Waals surface area contributed by atoms with E-state index < -0.39 is 5.78 Å². The Bertz CT molecular complexity index is 1600. The van der Waals surface area contributed by atoms with Gasteiger partial charge in [-0.15, -0.1) is 0 Å². The van der Waals surface area contributed by atoms with Crippen molar-refractivity contribution in [2.45, 2.75) is 25.7 Å². The molecule has 6 rings (SSSR count). The van der Waals surface area contributed by atoms with E-state index in [9.17, 15) is 4.79 Å². The molecule has 6 aromatic rings. The van der Waals surface area contributed by atoms with Crippen molar-refractivity contribution in [1.82, 2.24) is 9.97 Å². The van der Waals surface area contributed by atoms with Crippen LogP contribution < -0.4 is 10.6 Å². The second-order valence-corrected chi connectivity index (χ2v) is 9.76. The van der Waals surface area contributed by atoms with E-state index in [-0.39, 0.29) is 11.8 Å². The SMILES string of the molecule is O=C(c1nc2ccc(NCCCc3ccccc3)cc2o1)c1nc2ccc(NCCCc3ccccc3)cc2o1. The van der Waals surface area contributed by atoms with E-state index in [4.69, 9.17) is 8.83 Å². The highest BCUT2D eigenvalue weighted by Gasteiger charge is 2.22. The molecule has 0 amide bonds. The number of nitrogens with one attached hydrogen (secondary N) is 2. The fourth-order valence-electron chi connectivity index (χ4n) is 4.69. The monoisotopic (exact) mass is 530 g/mol. The van der Waals surface area contributed by atoms with E-state index in [1.807, 2.05) is 48.5 Å². The number of carbonyl (C=O) groups excluding carboxylic acids is 1. The van der Waals surface area contributed by atoms with E-state index in [1.165, 1.54) is 11.1 Å². The van der Waals surface area contributed by atoms with Crippen LogP contribution in [-0.4, -0.2) is 28.8 Å². The second-order valence-electron chi connectivity index (χ2n) is 9.76. The van der Waals surface area contributed by atoms with Gasteiger partial charge >= 0.3 is 5.78 Å². The third kappa shape index (κ3) is 6.04. The minimum Gasteiger partial charge on any atom is -0.433 e. The Labute approximate surface area is 232 Å². The molecule has 2 heterocycles. The average Bonchev–Trinajstić information content (AvgIpc) is 3.62. The third-order valence-corrected chi connectivity index (χ3v) is 6.79. The van der Waals surface area contributed by atoms with Crippen molar-refractivity contribution in [2.24, 2.45) is 0 Å². The van der Waals surface area contributed by atoms with Gasteiger partial charge < -0.3 is 19.5 Å². The van der Waals surface area contributed by atoms with Crippen LogP contribution in [0.1, 0.15) is 40.5 Å². The number of benzene rings is 4. The number of hydrogen-bond acceptors (Lipinski definition) is 7. The number of carbonyl (C=O) groups is 1. The van der Waals surface area contributed by atoms with Crippen LogP contribution in [0, 0.1) is 0 Å². The van der Waals surface area contributed by atoms with Crippen LogP contribution in [0.15, 0.2) is 106 Å². The molecule has 0 aliphatic heterocycles. The van der Waals surface area contributed by atoms with Crippen molar-refractivity contribution >= 4 is 39.4 Å². The topological polar surface area (TPSA) is 93.2 Å². The normalized spacial score (nSPS) is 11.2. The first-order valence-electron chi connectivity index (χ1n) is 13.6. The predicted octanol–water partition coefficient (Wildman–Crippen LogP) is 7.29. The lowest BCUT2D eigenvalue weighted by molar-refractivity contribution is 0.0974. The lowest BCUT2D eigenvalue weighted by atomic mass is 10.1. The molecule has 0 saturated carbocycles. The smallest absolute Gasteiger partial charge is 0.302 e. The van der Waals surface area contributed by atoms with Crippen molar-refractivity contribution in [3.8, 4) is 0 Å². The Morgan fingerprint density at radius 2 is 1.05 bits per heavy atom. The fraction of sp³-hybridized carbons (Fsp3) is 0.182. The number of ketones is 1. The molecule has 0 fully saturated rings. The maximum Gasteiger partial charge on any atom is 0.302 e. The molecule has 0 aliphatic carbocycles. The van der Waals surface area contributed by atoms with Gasteiger partial charge in [0.15, 0.2) is 11.2 Å². The number of anilines is 2. The maximum atomic E-state index is 13.1. The summed E-state index contributed by atoms with van der Waals surface area (Å²) in [4.78, 5) is 21.8. The quantitative estimate of drug-likeness (QED) is 0.127. The zero-order chi connectivity index (χ0) is 27.1. The van der Waals surface area contributed by atoms with Gasteiger partial charge in [-0.05, 0) is 61.1 Å². The van der Waals surface area contributed by atoms with Crippen molar-refractivity contribution in [3.63, 3.8) is 0 Å². The summed E-state index contributed by atoms with van der Waals surface area (Å²) in [6.07, 6.45) is 4.02. The molecule has 4 aromatic carbocycles. The van der Waals surface area contributed by atoms with E-state index in [0.29, 0.717) is 22.2 Å². The molecule has 0 bridgehead atoms. The number of nitrogens with zero attached hydrogens (tertiary/aromatic N) is 2. The molecule has 0 unspecified atom stereocenters. The van der Waals surface area contributed by atoms with Gasteiger partial charge in [-0.25, -0.2) is 9.97 Å². The van der Waals surface area contributed by atoms with Crippen LogP contribution in [0.2, 0.25) is 0 Å². The van der Waals surface area contributed by atoms with Crippen molar-refractivity contribution in [3.05, 3.63) is 120 Å². The van der Waals surface area contributed by atoms with Crippen molar-refractivity contribution < 1.29 is 13.6 Å². The Balaban J connectivity index is 1.06. The number of rotatable bonds is 12. The Morgan fingerprint density at radius 1 is 0.600 bits per heavy atom. The minimum atomic E-state index is -0.484. The summed E-state index contributed by atoms with van der Waals surface area (Å²) < 4.78 is 11.6. The summed E-state index contributed by atoms with van der Waals surface area (Å²) in [5.74, 6) is -0.564. The van der Waals surface area contributed by atoms with Gasteiger partial charge in [-0.1, -0.05) is 60.7 Å². The predicted molar refractivity (Wildman–Crippen MR) is 158 cm³/mol. The largest absolute Gasteiger partial charge is 0.433 e. The van der Waals surface area contributed by atoms with Gasteiger partial charge in [0.25, 0.3) is 11.8 Å². The standard InChI is InChI=1S/C33H30N4O3/c38-31(32-36-27-17-15-25(21-29(27)39-32)34-19-7-13-23-9-3-1-4-10-23)33-37-28-18-16-26(22-30(28)40-33)35-20-8-14-24-11-5-2-6-12-24/h1-6,9-12,15-18,21-22,34-35H,7-8,13-14,19-20H2. The Kier molecular flexibility index (Phi) is 7.53. The molecular formula is C33H30N4O3. The number of oxazole rings is 2. The highest BCUT2D eigenvalue weighted by molar-refractivity contribution is 6.05. The summed E-state index contributed by atoms with van der Waals surface area (Å²) in [6, 6.07) is 32.1. The number of fused-ring (bicyclic) bond motifs is 2. The van der Waals surface area contributed by atoms with E-state index in [2.05, 4.69) is 69.1 Å². The molecule has 0 radical (unpaired) electrons. The van der Waals surface area contributed by atoms with Gasteiger partial charge in [0.1, 0.15) is 11.0 Å². The summed E-state index contributed by atoms with van der Waals surface area (Å²) in [7, 11) is 0. The molecule has 7 nitrogen and oxygen atoms in total. The van der Waals surface area contributed by atoms with E-state index in [0.717, 1.165) is 50.1 Å². The zero-order valence-corrected chi connectivity index (χ0v) is 22.1. The first-order valence-corrected chi connectivity index (χ1v) is 13.6. The average molecular weight is 531 g/mol. The number of aromatic nitrogens is 2. The summed E-state index contributed by atoms with van der Waals surface area (Å²) >= 11 is 0. The minimum absolute atomic E-state index is 0.0398. The van der Waals surface area contributed by atoms with Gasteiger partial charge in [0.05, 0.1) is 0 Å². The molecule has 0 atom stereocenters. The summed E-state index contributed by atoms with van der Waals surface area (Å²) in [5, 5.41) is 6.83. The highest BCUT2D eigenvalue weighted by Crippen LogP contribution is 2.25. The Morgan fingerprint density at radius 3 is 1.50 bits per heavy atom. The van der Waals surface area contributed by atoms with Crippen LogP contribution in [0.25, 0.3) is 22.2 Å². The Hall–Kier alpha value is -4.91. The molecule has 200 valence electrons. The molecule has 7 heteroatoms. The molecule has 0 aliphatic rings. The van der Waals surface area contributed by atoms with Crippen LogP contribution in [0.3, 0.4) is 0 Å². The lowest BCUT2D eigenvalue weighted by Crippen LogP contribution is -2.02. The van der Waals surface area contributed by atoms with Crippen molar-refractivity contribution in [2.75, 3.05) is 23.7 Å². The highest BCUT2D eigenvalue weighted by atomic mass is 16.4. The molecular weight excluding hydrogens is 500 g/mol. The number of aryl methyl sites for hydroxylation is 2. The van der Waals surface area contributed by atoms with E-state index >= 15 is 0 Å². The molecule has 0 saturated heterocycles. The fourth-order valence-corrected chi connectivity index (χ4v) is 4.69. The molecule has 2 N–H and O–H groups in total. The van der Waals surface area contributed by atoms with Gasteiger partial charge in [0.2, 0.25) is 0 Å².